The molecule has 0 aliphatic carbocycles. The van der Waals surface area contributed by atoms with Crippen LogP contribution in [0.2, 0.25) is 0 Å². The van der Waals surface area contributed by atoms with E-state index >= 15 is 0 Å². The zero-order valence-corrected chi connectivity index (χ0v) is 12.9. The molecule has 120 valence electrons. The number of halogens is 2. The number of phenols is 1. The Balaban J connectivity index is 3.01. The van der Waals surface area contributed by atoms with Crippen LogP contribution in [0.3, 0.4) is 0 Å². The first kappa shape index (κ1) is 16.0. The Morgan fingerprint density at radius 1 is 0.909 bits per heavy atom. The van der Waals surface area contributed by atoms with Crippen molar-refractivity contribution in [1.82, 2.24) is 13.9 Å². The zero-order chi connectivity index (χ0) is 16.9. The Bertz CT molecular complexity index is 846. The summed E-state index contributed by atoms with van der Waals surface area (Å²) in [6.07, 6.45) is 0. The summed E-state index contributed by atoms with van der Waals surface area (Å²) in [6.45, 7) is 3.52. The first-order valence-electron chi connectivity index (χ1n) is 6.59. The third-order valence-electron chi connectivity index (χ3n) is 4.13. The molecular weight excluding hydrogens is 296 g/mol. The Kier molecular flexibility index (Phi) is 3.72. The molecular formula is C14H17F2N3O3. The van der Waals surface area contributed by atoms with Crippen LogP contribution in [0.4, 0.5) is 8.78 Å². The van der Waals surface area contributed by atoms with Gasteiger partial charge in [0.1, 0.15) is 5.75 Å². The van der Waals surface area contributed by atoms with Gasteiger partial charge in [-0.25, -0.2) is 18.8 Å². The van der Waals surface area contributed by atoms with Crippen molar-refractivity contribution in [3.05, 3.63) is 43.2 Å². The Morgan fingerprint density at radius 3 is 1.91 bits per heavy atom. The van der Waals surface area contributed by atoms with Gasteiger partial charge in [-0.15, -0.1) is 0 Å². The lowest BCUT2D eigenvalue weighted by Gasteiger charge is -2.16. The SMILES string of the molecule is Cc1c(C)c(O)c(C)c(-n2c(=O)n(C)n(C(F)F)c2=O)c1C. The van der Waals surface area contributed by atoms with Gasteiger partial charge < -0.3 is 5.11 Å². The van der Waals surface area contributed by atoms with Crippen LogP contribution < -0.4 is 11.4 Å². The summed E-state index contributed by atoms with van der Waals surface area (Å²) in [4.78, 5) is 24.4. The number of aromatic hydroxyl groups is 1. The molecule has 0 saturated heterocycles. The smallest absolute Gasteiger partial charge is 0.356 e. The van der Waals surface area contributed by atoms with Crippen molar-refractivity contribution >= 4 is 0 Å². The fraction of sp³-hybridized carbons (Fsp3) is 0.429. The lowest BCUT2D eigenvalue weighted by Crippen LogP contribution is -2.29. The van der Waals surface area contributed by atoms with Gasteiger partial charge in [0.25, 0.3) is 0 Å². The van der Waals surface area contributed by atoms with E-state index in [1.54, 1.807) is 20.8 Å². The highest BCUT2D eigenvalue weighted by atomic mass is 19.3. The van der Waals surface area contributed by atoms with Crippen LogP contribution in [0.1, 0.15) is 28.8 Å². The van der Waals surface area contributed by atoms with E-state index in [2.05, 4.69) is 0 Å². The first-order valence-corrected chi connectivity index (χ1v) is 6.59. The van der Waals surface area contributed by atoms with Gasteiger partial charge in [-0.3, -0.25) is 0 Å². The molecule has 2 aromatic rings. The van der Waals surface area contributed by atoms with E-state index in [-0.39, 0.29) is 16.1 Å². The van der Waals surface area contributed by atoms with E-state index in [9.17, 15) is 23.5 Å². The Morgan fingerprint density at radius 2 is 1.45 bits per heavy atom. The molecule has 1 heterocycles. The molecule has 6 nitrogen and oxygen atoms in total. The minimum Gasteiger partial charge on any atom is -0.507 e. The van der Waals surface area contributed by atoms with Crippen LogP contribution in [0.25, 0.3) is 5.69 Å². The van der Waals surface area contributed by atoms with Gasteiger partial charge >= 0.3 is 17.9 Å². The van der Waals surface area contributed by atoms with E-state index in [0.717, 1.165) is 7.05 Å². The van der Waals surface area contributed by atoms with E-state index in [1.807, 2.05) is 0 Å². The van der Waals surface area contributed by atoms with Crippen molar-refractivity contribution in [1.29, 1.82) is 0 Å². The van der Waals surface area contributed by atoms with Crippen molar-refractivity contribution in [3.8, 4) is 11.4 Å². The average molecular weight is 313 g/mol. The van der Waals surface area contributed by atoms with Crippen LogP contribution in [-0.4, -0.2) is 19.0 Å². The van der Waals surface area contributed by atoms with E-state index < -0.39 is 17.9 Å². The summed E-state index contributed by atoms with van der Waals surface area (Å²) >= 11 is 0. The summed E-state index contributed by atoms with van der Waals surface area (Å²) in [5, 5.41) is 10.1. The molecule has 1 N–H and O–H groups in total. The molecule has 1 aromatic carbocycles. The number of hydrogen-bond acceptors (Lipinski definition) is 3. The van der Waals surface area contributed by atoms with Gasteiger partial charge in [-0.05, 0) is 44.4 Å². The molecule has 0 spiro atoms. The molecule has 0 amide bonds. The minimum atomic E-state index is -3.13. The topological polar surface area (TPSA) is 69.2 Å². The number of nitrogens with zero attached hydrogens (tertiary/aromatic N) is 3. The standard InChI is InChI=1S/C14H17F2N3O3/c1-6-7(2)10(9(4)11(20)8(6)3)18-13(21)17(5)19(12(15)16)14(18)22/h12,20H,1-5H3. The van der Waals surface area contributed by atoms with Gasteiger partial charge in [0.15, 0.2) is 0 Å². The highest BCUT2D eigenvalue weighted by Crippen LogP contribution is 2.32. The fourth-order valence-electron chi connectivity index (χ4n) is 2.60. The second kappa shape index (κ2) is 5.11. The Hall–Kier alpha value is -2.38. The predicted octanol–water partition coefficient (Wildman–Crippen LogP) is 1.67. The van der Waals surface area contributed by atoms with Crippen molar-refractivity contribution < 1.29 is 13.9 Å². The normalized spacial score (nSPS) is 11.5. The lowest BCUT2D eigenvalue weighted by atomic mass is 9.97. The second-order valence-corrected chi connectivity index (χ2v) is 5.24. The van der Waals surface area contributed by atoms with Crippen molar-refractivity contribution in [2.75, 3.05) is 0 Å². The second-order valence-electron chi connectivity index (χ2n) is 5.24. The van der Waals surface area contributed by atoms with Gasteiger partial charge in [-0.1, -0.05) is 0 Å². The Labute approximate surface area is 124 Å². The quantitative estimate of drug-likeness (QED) is 0.917. The molecule has 0 radical (unpaired) electrons. The van der Waals surface area contributed by atoms with Crippen LogP contribution in [0, 0.1) is 27.7 Å². The monoisotopic (exact) mass is 313 g/mol. The maximum absolute atomic E-state index is 13.0. The maximum atomic E-state index is 13.0. The largest absolute Gasteiger partial charge is 0.507 e. The molecule has 22 heavy (non-hydrogen) atoms. The maximum Gasteiger partial charge on any atom is 0.356 e. The molecule has 0 aliphatic rings. The minimum absolute atomic E-state index is 0.0585. The lowest BCUT2D eigenvalue weighted by molar-refractivity contribution is 0.0402. The third-order valence-corrected chi connectivity index (χ3v) is 4.13. The molecule has 0 saturated carbocycles. The molecule has 0 aliphatic heterocycles. The highest BCUT2D eigenvalue weighted by Gasteiger charge is 2.25. The molecule has 0 bridgehead atoms. The van der Waals surface area contributed by atoms with Gasteiger partial charge in [-0.2, -0.15) is 13.5 Å². The number of hydrogen-bond donors (Lipinski definition) is 1. The first-order chi connectivity index (χ1) is 10.1. The molecule has 0 atom stereocenters. The molecule has 0 fully saturated rings. The van der Waals surface area contributed by atoms with Crippen molar-refractivity contribution in [2.45, 2.75) is 34.2 Å². The van der Waals surface area contributed by atoms with Crippen LogP contribution in [0.5, 0.6) is 5.75 Å². The van der Waals surface area contributed by atoms with E-state index in [4.69, 9.17) is 0 Å². The molecule has 1 aromatic heterocycles. The van der Waals surface area contributed by atoms with E-state index in [1.165, 1.54) is 6.92 Å². The van der Waals surface area contributed by atoms with Crippen LogP contribution in [0.15, 0.2) is 9.59 Å². The third kappa shape index (κ3) is 1.98. The molecule has 2 rings (SSSR count). The summed E-state index contributed by atoms with van der Waals surface area (Å²) in [5.41, 5.74) is 0.306. The zero-order valence-electron chi connectivity index (χ0n) is 12.9. The molecule has 0 unspecified atom stereocenters. The number of phenolic OH excluding ortho intramolecular Hbond substituents is 1. The summed E-state index contributed by atoms with van der Waals surface area (Å²) in [5.74, 6) is -0.0585. The number of rotatable bonds is 2. The summed E-state index contributed by atoms with van der Waals surface area (Å²) < 4.78 is 27.2. The number of alkyl halides is 2. The van der Waals surface area contributed by atoms with Crippen LogP contribution in [-0.2, 0) is 7.05 Å². The molecule has 8 heteroatoms. The highest BCUT2D eigenvalue weighted by molar-refractivity contribution is 5.60. The van der Waals surface area contributed by atoms with Gasteiger partial charge in [0.2, 0.25) is 0 Å². The summed E-state index contributed by atoms with van der Waals surface area (Å²) in [6, 6.07) is 0. The van der Waals surface area contributed by atoms with Crippen molar-refractivity contribution in [3.63, 3.8) is 0 Å². The van der Waals surface area contributed by atoms with Gasteiger partial charge in [0.05, 0.1) is 5.69 Å². The van der Waals surface area contributed by atoms with Crippen molar-refractivity contribution in [2.24, 2.45) is 7.05 Å². The average Bonchev–Trinajstić information content (AvgIpc) is 2.67. The predicted molar refractivity (Wildman–Crippen MR) is 77.1 cm³/mol. The van der Waals surface area contributed by atoms with E-state index in [0.29, 0.717) is 31.5 Å². The fourth-order valence-corrected chi connectivity index (χ4v) is 2.60. The number of benzene rings is 1. The number of aromatic nitrogens is 3. The van der Waals surface area contributed by atoms with Gasteiger partial charge in [0, 0.05) is 12.6 Å². The van der Waals surface area contributed by atoms with Crippen LogP contribution >= 0.6 is 0 Å². The summed E-state index contributed by atoms with van der Waals surface area (Å²) in [7, 11) is 1.10.